The number of esters is 1. The Labute approximate surface area is 129 Å². The molecular formula is C17H20N2O3. The number of hydrogen-bond acceptors (Lipinski definition) is 4. The van der Waals surface area contributed by atoms with Crippen LogP contribution in [0.15, 0.2) is 35.1 Å². The zero-order valence-electron chi connectivity index (χ0n) is 12.9. The number of unbranched alkanes of at least 4 members (excludes halogenated alkanes) is 1. The maximum atomic E-state index is 12.2. The third kappa shape index (κ3) is 4.04. The molecule has 0 aliphatic rings. The molecule has 0 saturated heterocycles. The fourth-order valence-corrected chi connectivity index (χ4v) is 2.08. The molecule has 5 nitrogen and oxygen atoms in total. The average Bonchev–Trinajstić information content (AvgIpc) is 2.52. The highest BCUT2D eigenvalue weighted by atomic mass is 16.5. The van der Waals surface area contributed by atoms with E-state index >= 15 is 0 Å². The largest absolute Gasteiger partial charge is 0.465 e. The maximum Gasteiger partial charge on any atom is 0.310 e. The SMILES string of the molecule is CCCCOC(=O)Cc1c(C)nc(-c2ccccc2)[nH]c1=O. The summed E-state index contributed by atoms with van der Waals surface area (Å²) in [7, 11) is 0. The molecule has 0 saturated carbocycles. The number of H-pyrrole nitrogens is 1. The van der Waals surface area contributed by atoms with Crippen LogP contribution in [0.2, 0.25) is 0 Å². The van der Waals surface area contributed by atoms with Gasteiger partial charge in [0.05, 0.1) is 13.0 Å². The van der Waals surface area contributed by atoms with Crippen LogP contribution >= 0.6 is 0 Å². The third-order valence-corrected chi connectivity index (χ3v) is 3.35. The van der Waals surface area contributed by atoms with Gasteiger partial charge in [0, 0.05) is 16.8 Å². The fraction of sp³-hybridized carbons (Fsp3) is 0.353. The van der Waals surface area contributed by atoms with Gasteiger partial charge in [-0.25, -0.2) is 4.98 Å². The quantitative estimate of drug-likeness (QED) is 0.657. The molecule has 0 aliphatic heterocycles. The molecule has 1 aromatic carbocycles. The molecule has 1 aromatic heterocycles. The van der Waals surface area contributed by atoms with Crippen molar-refractivity contribution >= 4 is 5.97 Å². The molecule has 0 bridgehead atoms. The van der Waals surface area contributed by atoms with Gasteiger partial charge in [0.15, 0.2) is 0 Å². The van der Waals surface area contributed by atoms with Crippen LogP contribution in [0, 0.1) is 6.92 Å². The Balaban J connectivity index is 2.17. The minimum absolute atomic E-state index is 0.0487. The van der Waals surface area contributed by atoms with Crippen molar-refractivity contribution in [3.05, 3.63) is 51.9 Å². The predicted molar refractivity (Wildman–Crippen MR) is 84.6 cm³/mol. The molecule has 0 unspecified atom stereocenters. The Morgan fingerprint density at radius 3 is 2.64 bits per heavy atom. The number of carbonyl (C=O) groups is 1. The Hall–Kier alpha value is -2.43. The first-order valence-electron chi connectivity index (χ1n) is 7.42. The van der Waals surface area contributed by atoms with E-state index in [4.69, 9.17) is 4.74 Å². The number of hydrogen-bond donors (Lipinski definition) is 1. The van der Waals surface area contributed by atoms with E-state index in [1.54, 1.807) is 6.92 Å². The van der Waals surface area contributed by atoms with Gasteiger partial charge in [-0.3, -0.25) is 9.59 Å². The van der Waals surface area contributed by atoms with Gasteiger partial charge in [0.1, 0.15) is 5.82 Å². The van der Waals surface area contributed by atoms with E-state index in [0.29, 0.717) is 23.7 Å². The summed E-state index contributed by atoms with van der Waals surface area (Å²) in [4.78, 5) is 31.1. The van der Waals surface area contributed by atoms with Gasteiger partial charge in [0.2, 0.25) is 0 Å². The smallest absolute Gasteiger partial charge is 0.310 e. The predicted octanol–water partition coefficient (Wildman–Crippen LogP) is 2.63. The standard InChI is InChI=1S/C17H20N2O3/c1-3-4-10-22-15(20)11-14-12(2)18-16(19-17(14)21)13-8-6-5-7-9-13/h5-9H,3-4,10-11H2,1-2H3,(H,18,19,21). The molecule has 22 heavy (non-hydrogen) atoms. The van der Waals surface area contributed by atoms with Crippen LogP contribution < -0.4 is 5.56 Å². The average molecular weight is 300 g/mol. The van der Waals surface area contributed by atoms with Crippen molar-refractivity contribution in [3.8, 4) is 11.4 Å². The van der Waals surface area contributed by atoms with E-state index in [1.807, 2.05) is 37.3 Å². The van der Waals surface area contributed by atoms with Crippen molar-refractivity contribution in [1.82, 2.24) is 9.97 Å². The molecule has 0 aliphatic carbocycles. The minimum atomic E-state index is -0.392. The minimum Gasteiger partial charge on any atom is -0.465 e. The van der Waals surface area contributed by atoms with Crippen molar-refractivity contribution in [1.29, 1.82) is 0 Å². The molecular weight excluding hydrogens is 280 g/mol. The summed E-state index contributed by atoms with van der Waals surface area (Å²) >= 11 is 0. The summed E-state index contributed by atoms with van der Waals surface area (Å²) in [5, 5.41) is 0. The number of nitrogens with zero attached hydrogens (tertiary/aromatic N) is 1. The first-order chi connectivity index (χ1) is 10.6. The van der Waals surface area contributed by atoms with Gasteiger partial charge in [-0.15, -0.1) is 0 Å². The number of aromatic nitrogens is 2. The second-order valence-corrected chi connectivity index (χ2v) is 5.10. The van der Waals surface area contributed by atoms with Crippen molar-refractivity contribution in [2.75, 3.05) is 6.61 Å². The number of aryl methyl sites for hydroxylation is 1. The van der Waals surface area contributed by atoms with E-state index in [0.717, 1.165) is 18.4 Å². The van der Waals surface area contributed by atoms with Crippen molar-refractivity contribution in [2.45, 2.75) is 33.1 Å². The van der Waals surface area contributed by atoms with Gasteiger partial charge >= 0.3 is 5.97 Å². The molecule has 2 aromatic rings. The van der Waals surface area contributed by atoms with Gasteiger partial charge in [0.25, 0.3) is 5.56 Å². The highest BCUT2D eigenvalue weighted by Gasteiger charge is 2.14. The van der Waals surface area contributed by atoms with Crippen molar-refractivity contribution < 1.29 is 9.53 Å². The number of ether oxygens (including phenoxy) is 1. The normalized spacial score (nSPS) is 10.5. The molecule has 0 fully saturated rings. The molecule has 1 heterocycles. The molecule has 0 atom stereocenters. The molecule has 116 valence electrons. The van der Waals surface area contributed by atoms with Crippen LogP contribution in [0.25, 0.3) is 11.4 Å². The van der Waals surface area contributed by atoms with E-state index < -0.39 is 5.97 Å². The number of nitrogens with one attached hydrogen (secondary N) is 1. The highest BCUT2D eigenvalue weighted by molar-refractivity contribution is 5.72. The second-order valence-electron chi connectivity index (χ2n) is 5.10. The third-order valence-electron chi connectivity index (χ3n) is 3.35. The van der Waals surface area contributed by atoms with E-state index in [-0.39, 0.29) is 12.0 Å². The number of aromatic amines is 1. The Morgan fingerprint density at radius 1 is 1.27 bits per heavy atom. The van der Waals surface area contributed by atoms with Crippen LogP contribution in [0.1, 0.15) is 31.0 Å². The molecule has 0 radical (unpaired) electrons. The zero-order chi connectivity index (χ0) is 15.9. The van der Waals surface area contributed by atoms with E-state index in [1.165, 1.54) is 0 Å². The first kappa shape index (κ1) is 15.9. The molecule has 5 heteroatoms. The van der Waals surface area contributed by atoms with Crippen LogP contribution in [0.4, 0.5) is 0 Å². The summed E-state index contributed by atoms with van der Waals surface area (Å²) < 4.78 is 5.09. The van der Waals surface area contributed by atoms with Crippen LogP contribution in [0.5, 0.6) is 0 Å². The number of rotatable bonds is 6. The monoisotopic (exact) mass is 300 g/mol. The summed E-state index contributed by atoms with van der Waals surface area (Å²) in [5.41, 5.74) is 1.45. The van der Waals surface area contributed by atoms with Crippen LogP contribution in [0.3, 0.4) is 0 Å². The Kier molecular flexibility index (Phi) is 5.47. The molecule has 1 N–H and O–H groups in total. The molecule has 2 rings (SSSR count). The lowest BCUT2D eigenvalue weighted by atomic mass is 10.1. The lowest BCUT2D eigenvalue weighted by Crippen LogP contribution is -2.21. The van der Waals surface area contributed by atoms with Crippen LogP contribution in [-0.4, -0.2) is 22.5 Å². The van der Waals surface area contributed by atoms with Crippen molar-refractivity contribution in [2.24, 2.45) is 0 Å². The summed E-state index contributed by atoms with van der Waals surface area (Å²) in [6.07, 6.45) is 1.74. The molecule has 0 amide bonds. The van der Waals surface area contributed by atoms with Gasteiger partial charge in [-0.1, -0.05) is 43.7 Å². The van der Waals surface area contributed by atoms with Gasteiger partial charge in [-0.2, -0.15) is 0 Å². The second kappa shape index (κ2) is 7.54. The molecule has 0 spiro atoms. The first-order valence-corrected chi connectivity index (χ1v) is 7.42. The maximum absolute atomic E-state index is 12.2. The topological polar surface area (TPSA) is 72.0 Å². The lowest BCUT2D eigenvalue weighted by Gasteiger charge is -2.08. The zero-order valence-corrected chi connectivity index (χ0v) is 12.9. The number of carbonyl (C=O) groups excluding carboxylic acids is 1. The highest BCUT2D eigenvalue weighted by Crippen LogP contribution is 2.14. The van der Waals surface area contributed by atoms with Crippen LogP contribution in [-0.2, 0) is 16.0 Å². The Morgan fingerprint density at radius 2 is 2.00 bits per heavy atom. The fourth-order valence-electron chi connectivity index (χ4n) is 2.08. The van der Waals surface area contributed by atoms with Gasteiger partial charge in [-0.05, 0) is 13.3 Å². The lowest BCUT2D eigenvalue weighted by molar-refractivity contribution is -0.142. The summed E-state index contributed by atoms with van der Waals surface area (Å²) in [5.74, 6) is 0.113. The Bertz CT molecular complexity index is 693. The van der Waals surface area contributed by atoms with Crippen molar-refractivity contribution in [3.63, 3.8) is 0 Å². The van der Waals surface area contributed by atoms with E-state index in [9.17, 15) is 9.59 Å². The van der Waals surface area contributed by atoms with Gasteiger partial charge < -0.3 is 9.72 Å². The summed E-state index contributed by atoms with van der Waals surface area (Å²) in [6.45, 7) is 4.15. The number of benzene rings is 1. The van der Waals surface area contributed by atoms with E-state index in [2.05, 4.69) is 9.97 Å². The summed E-state index contributed by atoms with van der Waals surface area (Å²) in [6, 6.07) is 9.40.